The molecule has 0 bridgehead atoms. The van der Waals surface area contributed by atoms with Crippen molar-refractivity contribution in [1.29, 1.82) is 0 Å². The summed E-state index contributed by atoms with van der Waals surface area (Å²) < 4.78 is 0. The first-order chi connectivity index (χ1) is 10.1. The van der Waals surface area contributed by atoms with Crippen LogP contribution in [0.5, 0.6) is 0 Å². The van der Waals surface area contributed by atoms with Crippen molar-refractivity contribution in [2.24, 2.45) is 5.92 Å². The third-order valence-electron chi connectivity index (χ3n) is 5.07. The van der Waals surface area contributed by atoms with Crippen molar-refractivity contribution in [2.75, 3.05) is 19.6 Å². The van der Waals surface area contributed by atoms with Crippen LogP contribution in [-0.4, -0.2) is 46.4 Å². The molecule has 0 aromatic carbocycles. The molecule has 4 nitrogen and oxygen atoms in total. The van der Waals surface area contributed by atoms with Crippen LogP contribution in [0.25, 0.3) is 0 Å². The second-order valence-corrected chi connectivity index (χ2v) is 7.35. The second kappa shape index (κ2) is 6.44. The lowest BCUT2D eigenvalue weighted by molar-refractivity contribution is -0.131. The van der Waals surface area contributed by atoms with Crippen molar-refractivity contribution < 1.29 is 4.79 Å². The van der Waals surface area contributed by atoms with Crippen LogP contribution in [-0.2, 0) is 11.3 Å². The Labute approximate surface area is 131 Å². The minimum atomic E-state index is 0.238. The monoisotopic (exact) mass is 307 g/mol. The maximum absolute atomic E-state index is 11.6. The fourth-order valence-corrected chi connectivity index (χ4v) is 4.62. The predicted molar refractivity (Wildman–Crippen MR) is 85.3 cm³/mol. The lowest BCUT2D eigenvalue weighted by atomic mass is 9.88. The SMILES string of the molecule is CC(=O)N1CC[C@@H]2[C@H](CCCCN2Cc2scnc2C)C1. The Morgan fingerprint density at radius 1 is 1.38 bits per heavy atom. The lowest BCUT2D eigenvalue weighted by Crippen LogP contribution is -2.51. The fourth-order valence-electron chi connectivity index (χ4n) is 3.82. The number of nitrogens with zero attached hydrogens (tertiary/aromatic N) is 3. The Morgan fingerprint density at radius 2 is 2.24 bits per heavy atom. The van der Waals surface area contributed by atoms with Crippen LogP contribution in [0.2, 0.25) is 0 Å². The summed E-state index contributed by atoms with van der Waals surface area (Å²) in [6.07, 6.45) is 4.98. The first-order valence-electron chi connectivity index (χ1n) is 8.03. The number of amides is 1. The minimum absolute atomic E-state index is 0.238. The highest BCUT2D eigenvalue weighted by atomic mass is 32.1. The highest BCUT2D eigenvalue weighted by Gasteiger charge is 2.35. The molecule has 2 atom stereocenters. The van der Waals surface area contributed by atoms with E-state index >= 15 is 0 Å². The molecule has 0 unspecified atom stereocenters. The van der Waals surface area contributed by atoms with Gasteiger partial charge in [0.2, 0.25) is 5.91 Å². The van der Waals surface area contributed by atoms with E-state index in [0.29, 0.717) is 12.0 Å². The molecule has 0 saturated carbocycles. The molecule has 0 aliphatic carbocycles. The topological polar surface area (TPSA) is 36.4 Å². The van der Waals surface area contributed by atoms with E-state index in [-0.39, 0.29) is 5.91 Å². The number of piperidine rings is 1. The van der Waals surface area contributed by atoms with Crippen molar-refractivity contribution >= 4 is 17.2 Å². The van der Waals surface area contributed by atoms with Gasteiger partial charge in [-0.25, -0.2) is 4.98 Å². The number of rotatable bonds is 2. The molecule has 0 N–H and O–H groups in total. The van der Waals surface area contributed by atoms with Crippen molar-refractivity contribution in [3.8, 4) is 0 Å². The van der Waals surface area contributed by atoms with Crippen LogP contribution in [0.4, 0.5) is 0 Å². The fraction of sp³-hybridized carbons (Fsp3) is 0.750. The molecule has 1 aromatic heterocycles. The van der Waals surface area contributed by atoms with Gasteiger partial charge in [0.25, 0.3) is 0 Å². The maximum atomic E-state index is 11.6. The average molecular weight is 307 g/mol. The molecule has 3 rings (SSSR count). The smallest absolute Gasteiger partial charge is 0.219 e. The van der Waals surface area contributed by atoms with Gasteiger partial charge in [-0.2, -0.15) is 0 Å². The zero-order valence-electron chi connectivity index (χ0n) is 13.0. The summed E-state index contributed by atoms with van der Waals surface area (Å²) in [7, 11) is 0. The predicted octanol–water partition coefficient (Wildman–Crippen LogP) is 2.67. The van der Waals surface area contributed by atoms with Crippen LogP contribution in [0.1, 0.15) is 43.2 Å². The molecule has 116 valence electrons. The van der Waals surface area contributed by atoms with Crippen molar-refractivity contribution in [3.05, 3.63) is 16.1 Å². The van der Waals surface area contributed by atoms with E-state index in [1.54, 1.807) is 18.3 Å². The van der Waals surface area contributed by atoms with Gasteiger partial charge in [0.15, 0.2) is 0 Å². The summed E-state index contributed by atoms with van der Waals surface area (Å²) >= 11 is 1.78. The van der Waals surface area contributed by atoms with E-state index in [9.17, 15) is 4.79 Å². The van der Waals surface area contributed by atoms with Crippen molar-refractivity contribution in [1.82, 2.24) is 14.8 Å². The summed E-state index contributed by atoms with van der Waals surface area (Å²) in [5, 5.41) is 0. The Bertz CT molecular complexity index is 501. The van der Waals surface area contributed by atoms with Crippen LogP contribution < -0.4 is 0 Å². The van der Waals surface area contributed by atoms with Gasteiger partial charge in [-0.15, -0.1) is 11.3 Å². The highest BCUT2D eigenvalue weighted by molar-refractivity contribution is 7.09. The third-order valence-corrected chi connectivity index (χ3v) is 5.99. The first-order valence-corrected chi connectivity index (χ1v) is 8.91. The van der Waals surface area contributed by atoms with E-state index in [1.807, 2.05) is 10.4 Å². The van der Waals surface area contributed by atoms with E-state index in [1.165, 1.54) is 36.4 Å². The number of thiazole rings is 1. The Hall–Kier alpha value is -0.940. The molecule has 1 aromatic rings. The number of carbonyl (C=O) groups excluding carboxylic acids is 1. The van der Waals surface area contributed by atoms with Crippen molar-refractivity contribution in [2.45, 2.75) is 52.1 Å². The molecule has 1 amide bonds. The number of carbonyl (C=O) groups is 1. The van der Waals surface area contributed by atoms with Gasteiger partial charge in [-0.1, -0.05) is 6.42 Å². The van der Waals surface area contributed by atoms with Gasteiger partial charge in [0.1, 0.15) is 0 Å². The Balaban J connectivity index is 1.72. The average Bonchev–Trinajstić information content (AvgIpc) is 2.76. The zero-order chi connectivity index (χ0) is 14.8. The van der Waals surface area contributed by atoms with Gasteiger partial charge in [-0.05, 0) is 38.6 Å². The summed E-state index contributed by atoms with van der Waals surface area (Å²) in [5.74, 6) is 0.890. The molecule has 3 heterocycles. The molecule has 0 radical (unpaired) electrons. The molecule has 2 aliphatic heterocycles. The minimum Gasteiger partial charge on any atom is -0.343 e. The van der Waals surface area contributed by atoms with Crippen LogP contribution in [0.3, 0.4) is 0 Å². The van der Waals surface area contributed by atoms with E-state index < -0.39 is 0 Å². The van der Waals surface area contributed by atoms with Gasteiger partial charge < -0.3 is 4.90 Å². The molecule has 2 fully saturated rings. The normalized spacial score (nSPS) is 27.2. The third kappa shape index (κ3) is 3.29. The van der Waals surface area contributed by atoms with E-state index in [4.69, 9.17) is 0 Å². The van der Waals surface area contributed by atoms with E-state index in [2.05, 4.69) is 16.8 Å². The molecular formula is C16H25N3OS. The molecule has 5 heteroatoms. The summed E-state index contributed by atoms with van der Waals surface area (Å²) in [6.45, 7) is 7.93. The second-order valence-electron chi connectivity index (χ2n) is 6.41. The zero-order valence-corrected chi connectivity index (χ0v) is 13.9. The number of likely N-dealkylation sites (tertiary alicyclic amines) is 2. The first kappa shape index (κ1) is 15.0. The summed E-state index contributed by atoms with van der Waals surface area (Å²) in [4.78, 5) is 22.1. The Kier molecular flexibility index (Phi) is 4.60. The quantitative estimate of drug-likeness (QED) is 0.843. The standard InChI is InChI=1S/C16H25N3OS/c1-12-16(21-11-17-12)10-19-7-4-3-5-14-9-18(13(2)20)8-6-15(14)19/h11,14-15H,3-10H2,1-2H3/t14-,15-/m1/s1. The van der Waals surface area contributed by atoms with Gasteiger partial charge >= 0.3 is 0 Å². The maximum Gasteiger partial charge on any atom is 0.219 e. The van der Waals surface area contributed by atoms with Gasteiger partial charge in [0.05, 0.1) is 11.2 Å². The van der Waals surface area contributed by atoms with Crippen LogP contribution >= 0.6 is 11.3 Å². The van der Waals surface area contributed by atoms with Gasteiger partial charge in [-0.3, -0.25) is 9.69 Å². The highest BCUT2D eigenvalue weighted by Crippen LogP contribution is 2.31. The molecule has 0 spiro atoms. The number of aryl methyl sites for hydroxylation is 1. The largest absolute Gasteiger partial charge is 0.343 e. The molecule has 2 aliphatic rings. The lowest BCUT2D eigenvalue weighted by Gasteiger charge is -2.42. The number of hydrogen-bond donors (Lipinski definition) is 0. The Morgan fingerprint density at radius 3 is 2.95 bits per heavy atom. The van der Waals surface area contributed by atoms with E-state index in [0.717, 1.165) is 26.1 Å². The molecule has 21 heavy (non-hydrogen) atoms. The molecule has 2 saturated heterocycles. The summed E-state index contributed by atoms with van der Waals surface area (Å²) in [5.41, 5.74) is 3.14. The number of hydrogen-bond acceptors (Lipinski definition) is 4. The number of fused-ring (bicyclic) bond motifs is 1. The van der Waals surface area contributed by atoms with Gasteiger partial charge in [0, 0.05) is 37.5 Å². The van der Waals surface area contributed by atoms with Crippen LogP contribution in [0.15, 0.2) is 5.51 Å². The van der Waals surface area contributed by atoms with Crippen LogP contribution in [0, 0.1) is 12.8 Å². The van der Waals surface area contributed by atoms with Crippen molar-refractivity contribution in [3.63, 3.8) is 0 Å². The molecular weight excluding hydrogens is 282 g/mol. The number of aromatic nitrogens is 1. The summed E-state index contributed by atoms with van der Waals surface area (Å²) in [6, 6.07) is 0.643.